The summed E-state index contributed by atoms with van der Waals surface area (Å²) in [7, 11) is 3.09. The third-order valence-electron chi connectivity index (χ3n) is 5.61. The molecule has 2 heterocycles. The van der Waals surface area contributed by atoms with E-state index in [9.17, 15) is 9.59 Å². The summed E-state index contributed by atoms with van der Waals surface area (Å²) in [5, 5.41) is 3.43. The lowest BCUT2D eigenvalue weighted by atomic mass is 10.2. The molecule has 0 aliphatic heterocycles. The Morgan fingerprint density at radius 3 is 2.53 bits per heavy atom. The fourth-order valence-electron chi connectivity index (χ4n) is 3.55. The van der Waals surface area contributed by atoms with Crippen molar-refractivity contribution in [3.8, 4) is 11.5 Å². The molecular weight excluding hydrogens is 428 g/mol. The van der Waals surface area contributed by atoms with Gasteiger partial charge >= 0.3 is 0 Å². The third-order valence-corrected chi connectivity index (χ3v) is 6.71. The van der Waals surface area contributed by atoms with Gasteiger partial charge in [0.15, 0.2) is 0 Å². The lowest BCUT2D eigenvalue weighted by molar-refractivity contribution is -0.116. The summed E-state index contributed by atoms with van der Waals surface area (Å²) in [5.41, 5.74) is 1.21. The van der Waals surface area contributed by atoms with Gasteiger partial charge in [0.05, 0.1) is 31.8 Å². The predicted octanol–water partition coefficient (Wildman–Crippen LogP) is 3.57. The molecular formula is C23H30N4O4S. The van der Waals surface area contributed by atoms with Gasteiger partial charge in [-0.05, 0) is 44.6 Å². The van der Waals surface area contributed by atoms with E-state index >= 15 is 0 Å². The van der Waals surface area contributed by atoms with Crippen LogP contribution in [0.3, 0.4) is 0 Å². The van der Waals surface area contributed by atoms with Gasteiger partial charge in [-0.1, -0.05) is 13.8 Å². The number of rotatable bonds is 9. The first-order valence-corrected chi connectivity index (χ1v) is 11.4. The highest BCUT2D eigenvalue weighted by Crippen LogP contribution is 2.29. The minimum Gasteiger partial charge on any atom is -0.497 e. The number of aromatic nitrogens is 2. The standard InChI is InChI=1S/C23H30N4O4S/c1-7-26(8-2)12-19-25-22-21(14(3)15(4)32-22)23(29)27(19)13-20(28)24-17-11-16(30-5)9-10-18(17)31-6/h9-11H,7-8,12-13H2,1-6H3,(H,24,28). The van der Waals surface area contributed by atoms with Crippen LogP contribution in [0.5, 0.6) is 11.5 Å². The SMILES string of the molecule is CCN(CC)Cc1nc2sc(C)c(C)c2c(=O)n1CC(=O)Nc1cc(OC)ccc1OC. The topological polar surface area (TPSA) is 85.7 Å². The molecule has 3 rings (SSSR count). The number of thiophene rings is 1. The first-order valence-electron chi connectivity index (χ1n) is 10.6. The number of aryl methyl sites for hydroxylation is 2. The molecule has 0 bridgehead atoms. The molecule has 32 heavy (non-hydrogen) atoms. The molecule has 0 fully saturated rings. The molecule has 1 aromatic carbocycles. The molecule has 0 aliphatic carbocycles. The summed E-state index contributed by atoms with van der Waals surface area (Å²) in [4.78, 5) is 35.2. The number of carbonyl (C=O) groups is 1. The quantitative estimate of drug-likeness (QED) is 0.528. The van der Waals surface area contributed by atoms with Crippen LogP contribution in [0.25, 0.3) is 10.2 Å². The van der Waals surface area contributed by atoms with E-state index in [0.717, 1.165) is 28.4 Å². The highest BCUT2D eigenvalue weighted by molar-refractivity contribution is 7.18. The average molecular weight is 459 g/mol. The van der Waals surface area contributed by atoms with Gasteiger partial charge < -0.3 is 14.8 Å². The minimum atomic E-state index is -0.342. The van der Waals surface area contributed by atoms with Crippen LogP contribution in [0.15, 0.2) is 23.0 Å². The number of fused-ring (bicyclic) bond motifs is 1. The smallest absolute Gasteiger partial charge is 0.263 e. The van der Waals surface area contributed by atoms with E-state index in [1.165, 1.54) is 23.0 Å². The number of nitrogens with zero attached hydrogens (tertiary/aromatic N) is 3. The molecule has 9 heteroatoms. The van der Waals surface area contributed by atoms with E-state index in [1.807, 2.05) is 13.8 Å². The molecule has 1 N–H and O–H groups in total. The van der Waals surface area contributed by atoms with Crippen molar-refractivity contribution >= 4 is 33.1 Å². The van der Waals surface area contributed by atoms with Gasteiger partial charge in [-0.15, -0.1) is 11.3 Å². The van der Waals surface area contributed by atoms with E-state index in [0.29, 0.717) is 34.9 Å². The molecule has 0 saturated carbocycles. The van der Waals surface area contributed by atoms with Crippen LogP contribution in [0, 0.1) is 13.8 Å². The number of benzene rings is 1. The van der Waals surface area contributed by atoms with Gasteiger partial charge in [0.1, 0.15) is 28.7 Å². The molecule has 0 atom stereocenters. The van der Waals surface area contributed by atoms with Crippen molar-refractivity contribution in [2.24, 2.45) is 0 Å². The zero-order valence-corrected chi connectivity index (χ0v) is 20.3. The van der Waals surface area contributed by atoms with Crippen molar-refractivity contribution < 1.29 is 14.3 Å². The van der Waals surface area contributed by atoms with Crippen molar-refractivity contribution in [1.29, 1.82) is 0 Å². The Hall–Kier alpha value is -2.91. The van der Waals surface area contributed by atoms with Gasteiger partial charge in [-0.2, -0.15) is 0 Å². The predicted molar refractivity (Wildman–Crippen MR) is 128 cm³/mol. The summed E-state index contributed by atoms with van der Waals surface area (Å²) in [5.74, 6) is 1.34. The molecule has 0 aliphatic rings. The molecule has 0 radical (unpaired) electrons. The second-order valence-electron chi connectivity index (χ2n) is 7.46. The highest BCUT2D eigenvalue weighted by Gasteiger charge is 2.20. The van der Waals surface area contributed by atoms with Gasteiger partial charge in [-0.3, -0.25) is 19.1 Å². The first kappa shape index (κ1) is 23.7. The van der Waals surface area contributed by atoms with Crippen molar-refractivity contribution in [1.82, 2.24) is 14.5 Å². The molecule has 0 spiro atoms. The second kappa shape index (κ2) is 10.1. The zero-order valence-electron chi connectivity index (χ0n) is 19.4. The Bertz CT molecular complexity index is 1180. The molecule has 1 amide bonds. The molecule has 8 nitrogen and oxygen atoms in total. The lowest BCUT2D eigenvalue weighted by Crippen LogP contribution is -2.34. The normalized spacial score (nSPS) is 11.2. The van der Waals surface area contributed by atoms with Crippen molar-refractivity contribution in [3.63, 3.8) is 0 Å². The van der Waals surface area contributed by atoms with Crippen molar-refractivity contribution in [2.75, 3.05) is 32.6 Å². The van der Waals surface area contributed by atoms with Gasteiger partial charge in [0.25, 0.3) is 5.56 Å². The van der Waals surface area contributed by atoms with Crippen molar-refractivity contribution in [3.05, 3.63) is 44.8 Å². The van der Waals surface area contributed by atoms with Crippen LogP contribution in [-0.4, -0.2) is 47.7 Å². The number of carbonyl (C=O) groups excluding carboxylic acids is 1. The van der Waals surface area contributed by atoms with Crippen LogP contribution in [-0.2, 0) is 17.9 Å². The van der Waals surface area contributed by atoms with Gasteiger partial charge in [-0.25, -0.2) is 4.98 Å². The van der Waals surface area contributed by atoms with E-state index in [2.05, 4.69) is 24.1 Å². The summed E-state index contributed by atoms with van der Waals surface area (Å²) < 4.78 is 12.1. The maximum absolute atomic E-state index is 13.4. The summed E-state index contributed by atoms with van der Waals surface area (Å²) in [6.07, 6.45) is 0. The fraction of sp³-hybridized carbons (Fsp3) is 0.435. The number of nitrogens with one attached hydrogen (secondary N) is 1. The zero-order chi connectivity index (χ0) is 23.4. The van der Waals surface area contributed by atoms with Crippen molar-refractivity contribution in [2.45, 2.75) is 40.8 Å². The van der Waals surface area contributed by atoms with Gasteiger partial charge in [0, 0.05) is 10.9 Å². The molecule has 3 aromatic rings. The molecule has 2 aromatic heterocycles. The van der Waals surface area contributed by atoms with E-state index in [-0.39, 0.29) is 18.0 Å². The molecule has 172 valence electrons. The lowest BCUT2D eigenvalue weighted by Gasteiger charge is -2.20. The minimum absolute atomic E-state index is 0.146. The monoisotopic (exact) mass is 458 g/mol. The highest BCUT2D eigenvalue weighted by atomic mass is 32.1. The van der Waals surface area contributed by atoms with E-state index in [4.69, 9.17) is 14.5 Å². The number of hydrogen-bond donors (Lipinski definition) is 1. The second-order valence-corrected chi connectivity index (χ2v) is 8.66. The summed E-state index contributed by atoms with van der Waals surface area (Å²) in [6, 6.07) is 5.16. The number of amides is 1. The van der Waals surface area contributed by atoms with Crippen LogP contribution in [0.2, 0.25) is 0 Å². The van der Waals surface area contributed by atoms with Crippen LogP contribution >= 0.6 is 11.3 Å². The van der Waals surface area contributed by atoms with Crippen LogP contribution < -0.4 is 20.3 Å². The molecule has 0 saturated heterocycles. The Labute approximate surface area is 191 Å². The average Bonchev–Trinajstić information content (AvgIpc) is 3.07. The first-order chi connectivity index (χ1) is 15.3. The fourth-order valence-corrected chi connectivity index (χ4v) is 4.58. The maximum atomic E-state index is 13.4. The largest absolute Gasteiger partial charge is 0.497 e. The molecule has 0 unspecified atom stereocenters. The Morgan fingerprint density at radius 2 is 1.91 bits per heavy atom. The Balaban J connectivity index is 2.01. The van der Waals surface area contributed by atoms with E-state index < -0.39 is 0 Å². The van der Waals surface area contributed by atoms with Crippen LogP contribution in [0.4, 0.5) is 5.69 Å². The number of hydrogen-bond acceptors (Lipinski definition) is 7. The Morgan fingerprint density at radius 1 is 1.19 bits per heavy atom. The number of anilines is 1. The summed E-state index contributed by atoms with van der Waals surface area (Å²) >= 11 is 1.51. The third kappa shape index (κ3) is 4.78. The summed E-state index contributed by atoms with van der Waals surface area (Å²) in [6.45, 7) is 10.0. The number of ether oxygens (including phenoxy) is 2. The Kier molecular flexibility index (Phi) is 7.52. The van der Waals surface area contributed by atoms with E-state index in [1.54, 1.807) is 25.3 Å². The van der Waals surface area contributed by atoms with Gasteiger partial charge in [0.2, 0.25) is 5.91 Å². The number of methoxy groups -OCH3 is 2. The van der Waals surface area contributed by atoms with Crippen LogP contribution in [0.1, 0.15) is 30.1 Å². The maximum Gasteiger partial charge on any atom is 0.263 e.